The monoisotopic (exact) mass is 273 g/mol. The number of hydrogen-bond acceptors (Lipinski definition) is 3. The molecule has 1 aromatic rings. The first-order chi connectivity index (χ1) is 9.62. The molecule has 0 unspecified atom stereocenters. The van der Waals surface area contributed by atoms with E-state index in [1.807, 2.05) is 24.3 Å². The molecule has 0 spiro atoms. The van der Waals surface area contributed by atoms with E-state index in [1.165, 1.54) is 0 Å². The van der Waals surface area contributed by atoms with Gasteiger partial charge in [0.25, 0.3) is 0 Å². The summed E-state index contributed by atoms with van der Waals surface area (Å²) in [6.45, 7) is 1.47. The second-order valence-corrected chi connectivity index (χ2v) is 5.63. The molecular weight excluding hydrogens is 254 g/mol. The van der Waals surface area contributed by atoms with Crippen molar-refractivity contribution in [2.75, 3.05) is 25.4 Å². The minimum Gasteiger partial charge on any atom is -0.399 e. The Morgan fingerprint density at radius 3 is 2.60 bits per heavy atom. The molecule has 1 heterocycles. The predicted molar refractivity (Wildman–Crippen MR) is 76.0 cm³/mol. The summed E-state index contributed by atoms with van der Waals surface area (Å²) in [6.07, 6.45) is 2.52. The number of rotatable bonds is 2. The van der Waals surface area contributed by atoms with E-state index >= 15 is 0 Å². The molecule has 3 rings (SSSR count). The normalized spacial score (nSPS) is 21.0. The first kappa shape index (κ1) is 13.0. The van der Waals surface area contributed by atoms with Crippen LogP contribution in [0, 0.1) is 0 Å². The third kappa shape index (κ3) is 2.24. The number of carbonyl (C=O) groups excluding carboxylic acids is 2. The number of nitrogens with zero attached hydrogens (tertiary/aromatic N) is 1. The summed E-state index contributed by atoms with van der Waals surface area (Å²) < 4.78 is 0. The minimum atomic E-state index is -0.418. The fraction of sp³-hybridized carbons (Fsp3) is 0.467. The van der Waals surface area contributed by atoms with Crippen LogP contribution >= 0.6 is 0 Å². The van der Waals surface area contributed by atoms with E-state index in [-0.39, 0.29) is 18.4 Å². The van der Waals surface area contributed by atoms with Gasteiger partial charge in [-0.2, -0.15) is 0 Å². The smallest absolute Gasteiger partial charge is 0.239 e. The zero-order chi connectivity index (χ0) is 14.2. The molecular formula is C15H19N3O2. The van der Waals surface area contributed by atoms with Gasteiger partial charge in [-0.15, -0.1) is 0 Å². The summed E-state index contributed by atoms with van der Waals surface area (Å²) in [6, 6.07) is 7.52. The first-order valence-corrected chi connectivity index (χ1v) is 7.04. The number of benzene rings is 1. The van der Waals surface area contributed by atoms with Crippen molar-refractivity contribution >= 4 is 17.5 Å². The van der Waals surface area contributed by atoms with Crippen LogP contribution in [0.2, 0.25) is 0 Å². The number of amides is 2. The number of anilines is 1. The lowest BCUT2D eigenvalue weighted by Crippen LogP contribution is -2.43. The number of hydrogen-bond donors (Lipinski definition) is 2. The quantitative estimate of drug-likeness (QED) is 0.777. The summed E-state index contributed by atoms with van der Waals surface area (Å²) in [5.74, 6) is 0.0169. The highest BCUT2D eigenvalue weighted by Crippen LogP contribution is 2.49. The van der Waals surface area contributed by atoms with Gasteiger partial charge >= 0.3 is 0 Å². The number of nitrogens with one attached hydrogen (secondary N) is 1. The average molecular weight is 273 g/mol. The molecule has 0 aromatic heterocycles. The largest absolute Gasteiger partial charge is 0.399 e. The van der Waals surface area contributed by atoms with Gasteiger partial charge in [0.1, 0.15) is 0 Å². The fourth-order valence-corrected chi connectivity index (χ4v) is 2.84. The highest BCUT2D eigenvalue weighted by molar-refractivity contribution is 5.94. The Labute approximate surface area is 118 Å². The van der Waals surface area contributed by atoms with Crippen LogP contribution in [0.25, 0.3) is 0 Å². The van der Waals surface area contributed by atoms with Crippen molar-refractivity contribution < 1.29 is 9.59 Å². The van der Waals surface area contributed by atoms with Gasteiger partial charge < -0.3 is 16.0 Å². The summed E-state index contributed by atoms with van der Waals surface area (Å²) in [7, 11) is 0. The van der Waals surface area contributed by atoms with Crippen molar-refractivity contribution in [2.45, 2.75) is 24.7 Å². The van der Waals surface area contributed by atoms with Gasteiger partial charge in [0.15, 0.2) is 0 Å². The average Bonchev–Trinajstić information content (AvgIpc) is 3.24. The lowest BCUT2D eigenvalue weighted by atomic mass is 9.94. The Bertz CT molecular complexity index is 535. The third-order valence-corrected chi connectivity index (χ3v) is 4.17. The highest BCUT2D eigenvalue weighted by atomic mass is 16.2. The second-order valence-electron chi connectivity index (χ2n) is 5.63. The maximum Gasteiger partial charge on any atom is 0.239 e. The molecule has 2 fully saturated rings. The van der Waals surface area contributed by atoms with Crippen molar-refractivity contribution in [1.82, 2.24) is 10.2 Å². The van der Waals surface area contributed by atoms with E-state index in [1.54, 1.807) is 4.90 Å². The molecule has 3 N–H and O–H groups in total. The van der Waals surface area contributed by atoms with E-state index in [2.05, 4.69) is 5.32 Å². The van der Waals surface area contributed by atoms with Crippen molar-refractivity contribution in [3.05, 3.63) is 29.8 Å². The Morgan fingerprint density at radius 2 is 1.95 bits per heavy atom. The molecule has 1 aliphatic heterocycles. The van der Waals surface area contributed by atoms with Crippen molar-refractivity contribution in [1.29, 1.82) is 0 Å². The summed E-state index contributed by atoms with van der Waals surface area (Å²) in [5.41, 5.74) is 7.00. The molecule has 0 atom stereocenters. The van der Waals surface area contributed by atoms with Crippen LogP contribution in [0.1, 0.15) is 24.8 Å². The Morgan fingerprint density at radius 1 is 1.25 bits per heavy atom. The lowest BCUT2D eigenvalue weighted by Gasteiger charge is -2.25. The molecule has 2 amide bonds. The van der Waals surface area contributed by atoms with Crippen molar-refractivity contribution in [2.24, 2.45) is 0 Å². The van der Waals surface area contributed by atoms with Gasteiger partial charge in [0.05, 0.1) is 12.0 Å². The van der Waals surface area contributed by atoms with E-state index in [0.29, 0.717) is 18.8 Å². The molecule has 1 saturated heterocycles. The molecule has 5 nitrogen and oxygen atoms in total. The van der Waals surface area contributed by atoms with E-state index in [0.717, 1.165) is 24.8 Å². The van der Waals surface area contributed by atoms with Gasteiger partial charge in [-0.05, 0) is 37.0 Å². The predicted octanol–water partition coefficient (Wildman–Crippen LogP) is 0.649. The minimum absolute atomic E-state index is 0.0658. The molecule has 1 aromatic carbocycles. The van der Waals surface area contributed by atoms with Crippen LogP contribution in [-0.2, 0) is 15.0 Å². The fourth-order valence-electron chi connectivity index (χ4n) is 2.84. The van der Waals surface area contributed by atoms with Crippen LogP contribution < -0.4 is 11.1 Å². The maximum absolute atomic E-state index is 12.8. The van der Waals surface area contributed by atoms with Crippen LogP contribution in [0.3, 0.4) is 0 Å². The second kappa shape index (κ2) is 4.81. The molecule has 1 saturated carbocycles. The topological polar surface area (TPSA) is 75.4 Å². The highest BCUT2D eigenvalue weighted by Gasteiger charge is 2.53. The molecule has 2 aliphatic rings. The van der Waals surface area contributed by atoms with Gasteiger partial charge in [-0.25, -0.2) is 0 Å². The Hall–Kier alpha value is -2.04. The van der Waals surface area contributed by atoms with E-state index in [9.17, 15) is 9.59 Å². The Balaban J connectivity index is 1.82. The van der Waals surface area contributed by atoms with E-state index < -0.39 is 5.41 Å². The van der Waals surface area contributed by atoms with Crippen LogP contribution in [0.5, 0.6) is 0 Å². The van der Waals surface area contributed by atoms with Gasteiger partial charge in [0.2, 0.25) is 11.8 Å². The van der Waals surface area contributed by atoms with Crippen LogP contribution in [0.4, 0.5) is 5.69 Å². The zero-order valence-electron chi connectivity index (χ0n) is 11.4. The standard InChI is InChI=1S/C15H19N3O2/c16-12-4-2-11(3-5-12)15(6-7-15)14(20)18-9-1-8-17-13(19)10-18/h2-5H,1,6-10,16H2,(H,17,19). The van der Waals surface area contributed by atoms with Gasteiger partial charge in [0, 0.05) is 18.8 Å². The lowest BCUT2D eigenvalue weighted by molar-refractivity contribution is -0.137. The maximum atomic E-state index is 12.8. The van der Waals surface area contributed by atoms with Gasteiger partial charge in [-0.1, -0.05) is 12.1 Å². The summed E-state index contributed by atoms with van der Waals surface area (Å²) in [4.78, 5) is 26.1. The van der Waals surface area contributed by atoms with Crippen LogP contribution in [-0.4, -0.2) is 36.3 Å². The molecule has 5 heteroatoms. The van der Waals surface area contributed by atoms with Crippen molar-refractivity contribution in [3.8, 4) is 0 Å². The summed E-state index contributed by atoms with van der Waals surface area (Å²) >= 11 is 0. The molecule has 1 aliphatic carbocycles. The SMILES string of the molecule is Nc1ccc(C2(C(=O)N3CCCNC(=O)C3)CC2)cc1. The molecule has 0 bridgehead atoms. The molecule has 20 heavy (non-hydrogen) atoms. The zero-order valence-corrected chi connectivity index (χ0v) is 11.4. The Kier molecular flexibility index (Phi) is 3.12. The number of carbonyl (C=O) groups is 2. The summed E-state index contributed by atoms with van der Waals surface area (Å²) in [5, 5.41) is 2.80. The number of nitrogen functional groups attached to an aromatic ring is 1. The third-order valence-electron chi connectivity index (χ3n) is 4.17. The van der Waals surface area contributed by atoms with Crippen molar-refractivity contribution in [3.63, 3.8) is 0 Å². The first-order valence-electron chi connectivity index (χ1n) is 7.04. The number of nitrogens with two attached hydrogens (primary N) is 1. The molecule has 106 valence electrons. The molecule has 0 radical (unpaired) electrons. The van der Waals surface area contributed by atoms with Gasteiger partial charge in [-0.3, -0.25) is 9.59 Å². The van der Waals surface area contributed by atoms with E-state index in [4.69, 9.17) is 5.73 Å². The van der Waals surface area contributed by atoms with Crippen LogP contribution in [0.15, 0.2) is 24.3 Å².